The lowest BCUT2D eigenvalue weighted by Crippen LogP contribution is -2.31. The summed E-state index contributed by atoms with van der Waals surface area (Å²) >= 11 is 0. The normalized spacial score (nSPS) is 20.6. The van der Waals surface area contributed by atoms with Gasteiger partial charge >= 0.3 is 0 Å². The molecule has 0 aromatic carbocycles. The van der Waals surface area contributed by atoms with E-state index in [1.807, 2.05) is 0 Å². The van der Waals surface area contributed by atoms with E-state index in [4.69, 9.17) is 4.52 Å². The van der Waals surface area contributed by atoms with E-state index in [2.05, 4.69) is 25.1 Å². The summed E-state index contributed by atoms with van der Waals surface area (Å²) in [5.74, 6) is 1.35. The van der Waals surface area contributed by atoms with E-state index < -0.39 is 5.54 Å². The van der Waals surface area contributed by atoms with Gasteiger partial charge in [-0.15, -0.1) is 5.10 Å². The fraction of sp³-hybridized carbons (Fsp3) is 0.765. The SMILES string of the molecule is CC(C)(CCc1noc(C2CCc3nnn(C4CCC4)c3C2)n1)[N+](=O)[O-]. The van der Waals surface area contributed by atoms with Gasteiger partial charge in [-0.05, 0) is 32.1 Å². The largest absolute Gasteiger partial charge is 0.339 e. The van der Waals surface area contributed by atoms with E-state index >= 15 is 0 Å². The second-order valence-electron chi connectivity index (χ2n) is 8.07. The third-order valence-electron chi connectivity index (χ3n) is 5.75. The Morgan fingerprint density at radius 3 is 2.85 bits per heavy atom. The maximum absolute atomic E-state index is 11.0. The molecule has 0 spiro atoms. The van der Waals surface area contributed by atoms with Crippen LogP contribution in [-0.2, 0) is 19.3 Å². The number of nitrogens with zero attached hydrogens (tertiary/aromatic N) is 6. The smallest absolute Gasteiger partial charge is 0.230 e. The van der Waals surface area contributed by atoms with Crippen LogP contribution in [0.2, 0.25) is 0 Å². The van der Waals surface area contributed by atoms with Gasteiger partial charge in [-0.25, -0.2) is 4.68 Å². The molecule has 1 unspecified atom stereocenters. The molecule has 2 heterocycles. The number of nitro groups is 1. The molecule has 2 aromatic rings. The summed E-state index contributed by atoms with van der Waals surface area (Å²) in [6, 6.07) is 0.493. The van der Waals surface area contributed by atoms with Crippen LogP contribution in [0.1, 0.15) is 81.0 Å². The van der Waals surface area contributed by atoms with Gasteiger partial charge in [0.2, 0.25) is 11.4 Å². The van der Waals surface area contributed by atoms with Crippen LogP contribution < -0.4 is 0 Å². The van der Waals surface area contributed by atoms with Crippen molar-refractivity contribution in [2.45, 2.75) is 82.7 Å². The topological polar surface area (TPSA) is 113 Å². The van der Waals surface area contributed by atoms with Crippen molar-refractivity contribution >= 4 is 0 Å². The Bertz CT molecular complexity index is 807. The highest BCUT2D eigenvalue weighted by Gasteiger charge is 2.33. The van der Waals surface area contributed by atoms with Gasteiger partial charge in [0.1, 0.15) is 0 Å². The molecule has 140 valence electrons. The molecule has 1 fully saturated rings. The highest BCUT2D eigenvalue weighted by Crippen LogP contribution is 2.37. The lowest BCUT2D eigenvalue weighted by molar-refractivity contribution is -0.561. The van der Waals surface area contributed by atoms with Gasteiger partial charge in [0, 0.05) is 44.0 Å². The predicted octanol–water partition coefficient (Wildman–Crippen LogP) is 2.65. The predicted molar refractivity (Wildman–Crippen MR) is 91.4 cm³/mol. The van der Waals surface area contributed by atoms with E-state index in [1.54, 1.807) is 13.8 Å². The van der Waals surface area contributed by atoms with E-state index in [0.29, 0.717) is 30.6 Å². The maximum atomic E-state index is 11.0. The van der Waals surface area contributed by atoms with E-state index in [0.717, 1.165) is 25.0 Å². The fourth-order valence-corrected chi connectivity index (χ4v) is 3.58. The summed E-state index contributed by atoms with van der Waals surface area (Å²) < 4.78 is 7.58. The van der Waals surface area contributed by atoms with Crippen LogP contribution in [0.25, 0.3) is 0 Å². The van der Waals surface area contributed by atoms with Crippen molar-refractivity contribution in [3.05, 3.63) is 33.2 Å². The van der Waals surface area contributed by atoms with Gasteiger partial charge in [-0.2, -0.15) is 4.98 Å². The highest BCUT2D eigenvalue weighted by molar-refractivity contribution is 5.19. The van der Waals surface area contributed by atoms with Crippen LogP contribution in [0.5, 0.6) is 0 Å². The monoisotopic (exact) mass is 360 g/mol. The minimum atomic E-state index is -0.985. The zero-order valence-electron chi connectivity index (χ0n) is 15.2. The van der Waals surface area contributed by atoms with Crippen molar-refractivity contribution in [2.24, 2.45) is 0 Å². The summed E-state index contributed by atoms with van der Waals surface area (Å²) in [5, 5.41) is 23.8. The second-order valence-corrected chi connectivity index (χ2v) is 8.07. The fourth-order valence-electron chi connectivity index (χ4n) is 3.58. The summed E-state index contributed by atoms with van der Waals surface area (Å²) in [7, 11) is 0. The van der Waals surface area contributed by atoms with E-state index in [9.17, 15) is 10.1 Å². The average Bonchev–Trinajstić information content (AvgIpc) is 3.18. The zero-order valence-corrected chi connectivity index (χ0v) is 15.2. The van der Waals surface area contributed by atoms with Crippen molar-refractivity contribution < 1.29 is 9.45 Å². The van der Waals surface area contributed by atoms with Crippen LogP contribution in [0, 0.1) is 10.1 Å². The number of fused-ring (bicyclic) bond motifs is 1. The lowest BCUT2D eigenvalue weighted by Gasteiger charge is -2.28. The standard InChI is InChI=1S/C17H24N6O3/c1-17(2,23(24)25)9-8-15-18-16(26-20-15)11-6-7-13-14(10-11)22(21-19-13)12-4-3-5-12/h11-12H,3-10H2,1-2H3. The first-order valence-electron chi connectivity index (χ1n) is 9.34. The Hall–Kier alpha value is -2.32. The molecule has 2 aliphatic carbocycles. The third kappa shape index (κ3) is 3.10. The van der Waals surface area contributed by atoms with E-state index in [-0.39, 0.29) is 10.8 Å². The molecule has 0 N–H and O–H groups in total. The third-order valence-corrected chi connectivity index (χ3v) is 5.75. The summed E-state index contributed by atoms with van der Waals surface area (Å²) in [6.45, 7) is 3.23. The van der Waals surface area contributed by atoms with Gasteiger partial charge in [0.15, 0.2) is 5.82 Å². The minimum absolute atomic E-state index is 0.171. The molecule has 4 rings (SSSR count). The molecule has 0 bridgehead atoms. The molecule has 9 heteroatoms. The summed E-state index contributed by atoms with van der Waals surface area (Å²) in [4.78, 5) is 15.3. The van der Waals surface area contributed by atoms with Crippen LogP contribution in [0.15, 0.2) is 4.52 Å². The van der Waals surface area contributed by atoms with Gasteiger partial charge < -0.3 is 4.52 Å². The molecular formula is C17H24N6O3. The Labute approximate surface area is 151 Å². The molecule has 1 saturated carbocycles. The van der Waals surface area contributed by atoms with Crippen LogP contribution >= 0.6 is 0 Å². The first kappa shape index (κ1) is 17.1. The van der Waals surface area contributed by atoms with Crippen LogP contribution in [0.3, 0.4) is 0 Å². The molecule has 9 nitrogen and oxygen atoms in total. The maximum Gasteiger partial charge on any atom is 0.230 e. The molecule has 2 aromatic heterocycles. The first-order valence-corrected chi connectivity index (χ1v) is 9.34. The minimum Gasteiger partial charge on any atom is -0.339 e. The highest BCUT2D eigenvalue weighted by atomic mass is 16.6. The molecule has 1 atom stereocenters. The number of aryl methyl sites for hydroxylation is 2. The Morgan fingerprint density at radius 1 is 1.35 bits per heavy atom. The van der Waals surface area contributed by atoms with Gasteiger partial charge in [-0.3, -0.25) is 10.1 Å². The van der Waals surface area contributed by atoms with Crippen molar-refractivity contribution in [1.82, 2.24) is 25.1 Å². The summed E-state index contributed by atoms with van der Waals surface area (Å²) in [5.41, 5.74) is 1.32. The van der Waals surface area contributed by atoms with Gasteiger partial charge in [-0.1, -0.05) is 10.4 Å². The van der Waals surface area contributed by atoms with Crippen LogP contribution in [-0.4, -0.2) is 35.6 Å². The molecule has 0 aliphatic heterocycles. The Kier molecular flexibility index (Phi) is 4.24. The lowest BCUT2D eigenvalue weighted by atomic mass is 9.87. The molecule has 0 radical (unpaired) electrons. The quantitative estimate of drug-likeness (QED) is 0.575. The van der Waals surface area contributed by atoms with Crippen molar-refractivity contribution in [3.8, 4) is 0 Å². The number of aromatic nitrogens is 5. The second kappa shape index (κ2) is 6.44. The van der Waals surface area contributed by atoms with Crippen molar-refractivity contribution in [2.75, 3.05) is 0 Å². The molecule has 26 heavy (non-hydrogen) atoms. The summed E-state index contributed by atoms with van der Waals surface area (Å²) in [6.07, 6.45) is 7.05. The molecule has 2 aliphatic rings. The Morgan fingerprint density at radius 2 is 2.15 bits per heavy atom. The molecule has 0 saturated heterocycles. The van der Waals surface area contributed by atoms with Crippen molar-refractivity contribution in [1.29, 1.82) is 0 Å². The van der Waals surface area contributed by atoms with E-state index in [1.165, 1.54) is 25.0 Å². The first-order chi connectivity index (χ1) is 12.4. The van der Waals surface area contributed by atoms with Gasteiger partial charge in [0.05, 0.1) is 17.4 Å². The van der Waals surface area contributed by atoms with Gasteiger partial charge in [0.25, 0.3) is 0 Å². The van der Waals surface area contributed by atoms with Crippen molar-refractivity contribution in [3.63, 3.8) is 0 Å². The molecular weight excluding hydrogens is 336 g/mol. The number of hydrogen-bond acceptors (Lipinski definition) is 7. The number of hydrogen-bond donors (Lipinski definition) is 0. The zero-order chi connectivity index (χ0) is 18.3. The molecule has 0 amide bonds. The number of rotatable bonds is 6. The van der Waals surface area contributed by atoms with Crippen LogP contribution in [0.4, 0.5) is 0 Å². The average molecular weight is 360 g/mol. The Balaban J connectivity index is 1.44.